The summed E-state index contributed by atoms with van der Waals surface area (Å²) in [5.74, 6) is 5.60. The first-order chi connectivity index (χ1) is 6.16. The lowest BCUT2D eigenvalue weighted by atomic mass is 10.3. The molecule has 0 rings (SSSR count). The number of rotatable bonds is 5. The molecular formula is C10H18O3. The normalized spacial score (nSPS) is 14.5. The molecule has 0 amide bonds. The second-order valence-electron chi connectivity index (χ2n) is 2.74. The van der Waals surface area contributed by atoms with Crippen molar-refractivity contribution in [3.05, 3.63) is 0 Å². The molecule has 0 aliphatic carbocycles. The van der Waals surface area contributed by atoms with Crippen LogP contribution in [0, 0.1) is 11.8 Å². The second kappa shape index (κ2) is 8.06. The van der Waals surface area contributed by atoms with Crippen molar-refractivity contribution in [3.63, 3.8) is 0 Å². The maximum atomic E-state index is 8.88. The molecule has 2 unspecified atom stereocenters. The summed E-state index contributed by atoms with van der Waals surface area (Å²) in [5.41, 5.74) is 0. The van der Waals surface area contributed by atoms with Crippen molar-refractivity contribution in [1.82, 2.24) is 0 Å². The molecule has 0 fully saturated rings. The van der Waals surface area contributed by atoms with Crippen LogP contribution >= 0.6 is 0 Å². The van der Waals surface area contributed by atoms with Gasteiger partial charge in [0, 0.05) is 13.0 Å². The van der Waals surface area contributed by atoms with Crippen molar-refractivity contribution in [1.29, 1.82) is 0 Å². The predicted octanol–water partition coefficient (Wildman–Crippen LogP) is 1.16. The smallest absolute Gasteiger partial charge is 0.156 e. The highest BCUT2D eigenvalue weighted by atomic mass is 16.7. The molecule has 0 saturated heterocycles. The topological polar surface area (TPSA) is 38.7 Å². The summed E-state index contributed by atoms with van der Waals surface area (Å²) in [7, 11) is 0. The maximum absolute atomic E-state index is 8.88. The summed E-state index contributed by atoms with van der Waals surface area (Å²) in [5, 5.41) is 8.88. The molecule has 0 spiro atoms. The van der Waals surface area contributed by atoms with Gasteiger partial charge in [0.05, 0.1) is 6.10 Å². The minimum Gasteiger partial charge on any atom is -0.392 e. The highest BCUT2D eigenvalue weighted by molar-refractivity contribution is 4.99. The molecule has 0 aliphatic heterocycles. The number of aliphatic hydroxyl groups excluding tert-OH is 1. The monoisotopic (exact) mass is 186 g/mol. The highest BCUT2D eigenvalue weighted by Gasteiger charge is 1.96. The van der Waals surface area contributed by atoms with E-state index < -0.39 is 0 Å². The molecular weight excluding hydrogens is 168 g/mol. The molecule has 13 heavy (non-hydrogen) atoms. The number of hydrogen-bond acceptors (Lipinski definition) is 3. The Labute approximate surface area is 80.0 Å². The van der Waals surface area contributed by atoms with Crippen molar-refractivity contribution in [3.8, 4) is 11.8 Å². The van der Waals surface area contributed by atoms with Crippen LogP contribution in [0.25, 0.3) is 0 Å². The number of aliphatic hydroxyl groups is 1. The fourth-order valence-corrected chi connectivity index (χ4v) is 0.713. The van der Waals surface area contributed by atoms with Crippen LogP contribution in [0.15, 0.2) is 0 Å². The Morgan fingerprint density at radius 3 is 2.46 bits per heavy atom. The third-order valence-corrected chi connectivity index (χ3v) is 1.31. The van der Waals surface area contributed by atoms with Gasteiger partial charge in [-0.1, -0.05) is 11.8 Å². The third kappa shape index (κ3) is 9.35. The van der Waals surface area contributed by atoms with E-state index >= 15 is 0 Å². The quantitative estimate of drug-likeness (QED) is 0.517. The largest absolute Gasteiger partial charge is 0.392 e. The zero-order valence-corrected chi connectivity index (χ0v) is 8.54. The second-order valence-corrected chi connectivity index (χ2v) is 2.74. The zero-order valence-electron chi connectivity index (χ0n) is 8.54. The van der Waals surface area contributed by atoms with Crippen LogP contribution in [0.4, 0.5) is 0 Å². The molecule has 0 aromatic rings. The van der Waals surface area contributed by atoms with Crippen molar-refractivity contribution in [2.75, 3.05) is 13.2 Å². The molecule has 3 nitrogen and oxygen atoms in total. The molecule has 0 bridgehead atoms. The van der Waals surface area contributed by atoms with E-state index in [1.165, 1.54) is 0 Å². The van der Waals surface area contributed by atoms with E-state index in [1.54, 1.807) is 6.92 Å². The lowest BCUT2D eigenvalue weighted by Gasteiger charge is -2.09. The van der Waals surface area contributed by atoms with Gasteiger partial charge in [-0.25, -0.2) is 0 Å². The van der Waals surface area contributed by atoms with Crippen LogP contribution in [-0.4, -0.2) is 30.7 Å². The Balaban J connectivity index is 3.36. The van der Waals surface area contributed by atoms with Gasteiger partial charge in [-0.3, -0.25) is 0 Å². The molecule has 1 N–H and O–H groups in total. The molecule has 0 saturated carbocycles. The van der Waals surface area contributed by atoms with Gasteiger partial charge in [-0.2, -0.15) is 0 Å². The van der Waals surface area contributed by atoms with E-state index in [4.69, 9.17) is 14.6 Å². The first kappa shape index (κ1) is 12.4. The fourth-order valence-electron chi connectivity index (χ4n) is 0.713. The van der Waals surface area contributed by atoms with Crippen molar-refractivity contribution in [2.24, 2.45) is 0 Å². The minimum atomic E-state index is -0.364. The van der Waals surface area contributed by atoms with Crippen LogP contribution < -0.4 is 0 Å². The Morgan fingerprint density at radius 1 is 1.23 bits per heavy atom. The van der Waals surface area contributed by atoms with Gasteiger partial charge < -0.3 is 14.6 Å². The standard InChI is InChI=1S/C10H18O3/c1-4-12-10(3)13-8-6-5-7-9(2)11/h9-11H,4,7-8H2,1-3H3. The lowest BCUT2D eigenvalue weighted by Crippen LogP contribution is -2.12. The Morgan fingerprint density at radius 2 is 1.92 bits per heavy atom. The fraction of sp³-hybridized carbons (Fsp3) is 0.800. The number of ether oxygens (including phenoxy) is 2. The number of hydrogen-bond donors (Lipinski definition) is 1. The van der Waals surface area contributed by atoms with Gasteiger partial charge in [0.15, 0.2) is 6.29 Å². The Bertz CT molecular complexity index is 167. The first-order valence-electron chi connectivity index (χ1n) is 4.53. The van der Waals surface area contributed by atoms with E-state index in [1.807, 2.05) is 13.8 Å². The summed E-state index contributed by atoms with van der Waals surface area (Å²) in [6.45, 7) is 6.45. The lowest BCUT2D eigenvalue weighted by molar-refractivity contribution is -0.117. The highest BCUT2D eigenvalue weighted by Crippen LogP contribution is 1.91. The van der Waals surface area contributed by atoms with Crippen molar-refractivity contribution < 1.29 is 14.6 Å². The molecule has 0 aromatic carbocycles. The molecule has 0 radical (unpaired) electrons. The van der Waals surface area contributed by atoms with E-state index in [2.05, 4.69) is 11.8 Å². The molecule has 76 valence electrons. The Kier molecular flexibility index (Phi) is 7.71. The van der Waals surface area contributed by atoms with Crippen LogP contribution in [0.2, 0.25) is 0 Å². The zero-order chi connectivity index (χ0) is 10.1. The van der Waals surface area contributed by atoms with Crippen LogP contribution in [0.5, 0.6) is 0 Å². The van der Waals surface area contributed by atoms with Gasteiger partial charge in [-0.05, 0) is 20.8 Å². The van der Waals surface area contributed by atoms with Gasteiger partial charge in [0.2, 0.25) is 0 Å². The molecule has 2 atom stereocenters. The molecule has 0 aromatic heterocycles. The minimum absolute atomic E-state index is 0.203. The van der Waals surface area contributed by atoms with Gasteiger partial charge in [0.1, 0.15) is 6.61 Å². The molecule has 0 aliphatic rings. The predicted molar refractivity (Wildman–Crippen MR) is 51.1 cm³/mol. The average molecular weight is 186 g/mol. The summed E-state index contributed by atoms with van der Waals surface area (Å²) in [6.07, 6.45) is -0.0745. The Hall–Kier alpha value is -0.560. The molecule has 0 heterocycles. The SMILES string of the molecule is CCOC(C)OCC#CCC(C)O. The summed E-state index contributed by atoms with van der Waals surface area (Å²) in [6, 6.07) is 0. The maximum Gasteiger partial charge on any atom is 0.156 e. The van der Waals surface area contributed by atoms with Crippen molar-refractivity contribution >= 4 is 0 Å². The van der Waals surface area contributed by atoms with E-state index in [9.17, 15) is 0 Å². The van der Waals surface area contributed by atoms with Gasteiger partial charge in [0.25, 0.3) is 0 Å². The molecule has 3 heteroatoms. The van der Waals surface area contributed by atoms with Crippen LogP contribution in [-0.2, 0) is 9.47 Å². The van der Waals surface area contributed by atoms with Crippen LogP contribution in [0.3, 0.4) is 0 Å². The summed E-state index contributed by atoms with van der Waals surface area (Å²) < 4.78 is 10.3. The van der Waals surface area contributed by atoms with Crippen LogP contribution in [0.1, 0.15) is 27.2 Å². The van der Waals surface area contributed by atoms with Gasteiger partial charge in [-0.15, -0.1) is 0 Å². The first-order valence-corrected chi connectivity index (χ1v) is 4.53. The van der Waals surface area contributed by atoms with E-state index in [0.29, 0.717) is 19.6 Å². The van der Waals surface area contributed by atoms with E-state index in [-0.39, 0.29) is 12.4 Å². The van der Waals surface area contributed by atoms with E-state index in [0.717, 1.165) is 0 Å². The summed E-state index contributed by atoms with van der Waals surface area (Å²) >= 11 is 0. The average Bonchev–Trinajstić information content (AvgIpc) is 2.03. The summed E-state index contributed by atoms with van der Waals surface area (Å²) in [4.78, 5) is 0. The van der Waals surface area contributed by atoms with Crippen molar-refractivity contribution in [2.45, 2.75) is 39.6 Å². The third-order valence-electron chi connectivity index (χ3n) is 1.31. The van der Waals surface area contributed by atoms with Gasteiger partial charge >= 0.3 is 0 Å².